The van der Waals surface area contributed by atoms with Gasteiger partial charge in [0.15, 0.2) is 11.4 Å². The highest BCUT2D eigenvalue weighted by Gasteiger charge is 2.35. The monoisotopic (exact) mass is 544 g/mol. The molecule has 1 aromatic heterocycles. The first-order valence-corrected chi connectivity index (χ1v) is 13.7. The van der Waals surface area contributed by atoms with Crippen molar-refractivity contribution in [3.05, 3.63) is 89.7 Å². The quantitative estimate of drug-likeness (QED) is 0.400. The molecule has 1 fully saturated rings. The number of benzene rings is 2. The van der Waals surface area contributed by atoms with E-state index in [4.69, 9.17) is 14.2 Å². The Hall–Kier alpha value is -4.20. The van der Waals surface area contributed by atoms with E-state index in [2.05, 4.69) is 34.6 Å². The summed E-state index contributed by atoms with van der Waals surface area (Å²) in [6.45, 7) is 3.17. The van der Waals surface area contributed by atoms with Crippen molar-refractivity contribution in [1.29, 1.82) is 0 Å². The third-order valence-electron chi connectivity index (χ3n) is 7.37. The van der Waals surface area contributed by atoms with Crippen LogP contribution < -0.4 is 14.8 Å². The number of pyridine rings is 1. The molecule has 1 aliphatic rings. The number of carbonyl (C=O) groups is 3. The molecule has 1 saturated heterocycles. The number of rotatable bonds is 8. The Kier molecular flexibility index (Phi) is 9.89. The minimum absolute atomic E-state index is 0.0920. The average Bonchev–Trinajstić information content (AvgIpc) is 2.99. The van der Waals surface area contributed by atoms with Crippen LogP contribution in [-0.4, -0.2) is 42.1 Å². The van der Waals surface area contributed by atoms with E-state index in [1.165, 1.54) is 37.4 Å². The molecule has 1 N–H and O–H groups in total. The molecular formula is C32H36N2O6. The summed E-state index contributed by atoms with van der Waals surface area (Å²) in [6, 6.07) is 21.2. The van der Waals surface area contributed by atoms with Crippen LogP contribution in [0.2, 0.25) is 0 Å². The maximum Gasteiger partial charge on any atom is 0.328 e. The van der Waals surface area contributed by atoms with Crippen LogP contribution in [0.5, 0.6) is 11.5 Å². The molecule has 8 heteroatoms. The van der Waals surface area contributed by atoms with E-state index < -0.39 is 23.9 Å². The van der Waals surface area contributed by atoms with Crippen molar-refractivity contribution in [1.82, 2.24) is 10.3 Å². The van der Waals surface area contributed by atoms with Gasteiger partial charge in [-0.2, -0.15) is 0 Å². The Bertz CT molecular complexity index is 1300. The van der Waals surface area contributed by atoms with Gasteiger partial charge < -0.3 is 19.5 Å². The number of carbonyl (C=O) groups excluding carboxylic acids is 3. The van der Waals surface area contributed by atoms with E-state index in [0.717, 1.165) is 25.7 Å². The maximum atomic E-state index is 13.4. The zero-order valence-corrected chi connectivity index (χ0v) is 23.2. The topological polar surface area (TPSA) is 104 Å². The minimum Gasteiger partial charge on any atom is -0.493 e. The predicted octanol–water partition coefficient (Wildman–Crippen LogP) is 4.95. The smallest absolute Gasteiger partial charge is 0.328 e. The molecule has 2 heterocycles. The summed E-state index contributed by atoms with van der Waals surface area (Å²) in [7, 11) is 1.40. The number of methoxy groups -OCH3 is 1. The van der Waals surface area contributed by atoms with E-state index in [0.29, 0.717) is 6.42 Å². The van der Waals surface area contributed by atoms with Crippen molar-refractivity contribution in [2.24, 2.45) is 11.8 Å². The molecule has 8 nitrogen and oxygen atoms in total. The second-order valence-corrected chi connectivity index (χ2v) is 10.2. The predicted molar refractivity (Wildman–Crippen MR) is 150 cm³/mol. The molecule has 40 heavy (non-hydrogen) atoms. The fourth-order valence-electron chi connectivity index (χ4n) is 5.39. The first kappa shape index (κ1) is 28.8. The second-order valence-electron chi connectivity index (χ2n) is 10.2. The van der Waals surface area contributed by atoms with E-state index in [9.17, 15) is 14.4 Å². The molecule has 0 unspecified atom stereocenters. The molecule has 0 saturated carbocycles. The third kappa shape index (κ3) is 7.46. The van der Waals surface area contributed by atoms with Gasteiger partial charge in [0.25, 0.3) is 5.91 Å². The number of hydrogen-bond acceptors (Lipinski definition) is 7. The Balaban J connectivity index is 1.56. The number of nitrogens with one attached hydrogen (secondary N) is 1. The maximum absolute atomic E-state index is 13.4. The van der Waals surface area contributed by atoms with Crippen LogP contribution in [0.1, 0.15) is 54.7 Å². The summed E-state index contributed by atoms with van der Waals surface area (Å²) in [5.41, 5.74) is 2.30. The van der Waals surface area contributed by atoms with Crippen LogP contribution in [0.25, 0.3) is 0 Å². The summed E-state index contributed by atoms with van der Waals surface area (Å²) >= 11 is 0. The fraction of sp³-hybridized carbons (Fsp3) is 0.375. The third-order valence-corrected chi connectivity index (χ3v) is 7.37. The molecule has 0 spiro atoms. The molecule has 2 aromatic carbocycles. The molecule has 210 valence electrons. The standard InChI is InChI=1S/C32H36N2O6/c1-21-26(20-24-13-8-5-9-14-24)25(19-23-11-6-4-7-12-23)15-10-16-27(32(37)39-21)34-31(36)29-30(40-22(2)35)28(38-3)17-18-33-29/h4-9,11-14,17-18,21,25-27H,10,15-16,19-20H2,1-3H3,(H,34,36)/t21-,25+,26-,27-/m0/s1. The van der Waals surface area contributed by atoms with Gasteiger partial charge in [-0.05, 0) is 49.7 Å². The second kappa shape index (κ2) is 13.7. The Labute approximate surface area is 235 Å². The summed E-state index contributed by atoms with van der Waals surface area (Å²) in [5, 5.41) is 2.77. The van der Waals surface area contributed by atoms with Gasteiger partial charge in [0.2, 0.25) is 5.75 Å². The summed E-state index contributed by atoms with van der Waals surface area (Å²) in [4.78, 5) is 42.4. The van der Waals surface area contributed by atoms with Crippen molar-refractivity contribution in [2.75, 3.05) is 7.11 Å². The van der Waals surface area contributed by atoms with Gasteiger partial charge in [-0.25, -0.2) is 9.78 Å². The van der Waals surface area contributed by atoms with Gasteiger partial charge in [-0.15, -0.1) is 0 Å². The molecule has 0 radical (unpaired) electrons. The lowest BCUT2D eigenvalue weighted by Crippen LogP contribution is -2.43. The van der Waals surface area contributed by atoms with Crippen LogP contribution in [0, 0.1) is 11.8 Å². The number of nitrogens with zero attached hydrogens (tertiary/aromatic N) is 1. The van der Waals surface area contributed by atoms with Gasteiger partial charge in [0, 0.05) is 25.1 Å². The average molecular weight is 545 g/mol. The van der Waals surface area contributed by atoms with Crippen LogP contribution in [0.3, 0.4) is 0 Å². The Morgan fingerprint density at radius 2 is 1.62 bits per heavy atom. The van der Waals surface area contributed by atoms with Crippen molar-refractivity contribution >= 4 is 17.8 Å². The molecule has 0 bridgehead atoms. The number of ether oxygens (including phenoxy) is 3. The van der Waals surface area contributed by atoms with Crippen molar-refractivity contribution in [3.8, 4) is 11.5 Å². The number of amides is 1. The van der Waals surface area contributed by atoms with Crippen molar-refractivity contribution in [3.63, 3.8) is 0 Å². The molecule has 1 amide bonds. The number of aromatic nitrogens is 1. The number of hydrogen-bond donors (Lipinski definition) is 1. The first-order chi connectivity index (χ1) is 19.4. The largest absolute Gasteiger partial charge is 0.493 e. The summed E-state index contributed by atoms with van der Waals surface area (Å²) in [5.74, 6) is -1.29. The normalized spacial score (nSPS) is 21.2. The van der Waals surface area contributed by atoms with Crippen LogP contribution >= 0.6 is 0 Å². The van der Waals surface area contributed by atoms with E-state index in [1.54, 1.807) is 0 Å². The molecular weight excluding hydrogens is 508 g/mol. The van der Waals surface area contributed by atoms with E-state index in [-0.39, 0.29) is 35.1 Å². The van der Waals surface area contributed by atoms with Gasteiger partial charge in [0.05, 0.1) is 7.11 Å². The number of cyclic esters (lactones) is 1. The molecule has 1 aliphatic heterocycles. The lowest BCUT2D eigenvalue weighted by molar-refractivity contribution is -0.153. The van der Waals surface area contributed by atoms with E-state index in [1.807, 2.05) is 43.3 Å². The lowest BCUT2D eigenvalue weighted by atomic mass is 9.77. The van der Waals surface area contributed by atoms with Crippen LogP contribution in [0.4, 0.5) is 0 Å². The van der Waals surface area contributed by atoms with Gasteiger partial charge in [-0.3, -0.25) is 9.59 Å². The summed E-state index contributed by atoms with van der Waals surface area (Å²) < 4.78 is 16.5. The van der Waals surface area contributed by atoms with Gasteiger partial charge in [0.1, 0.15) is 12.1 Å². The number of esters is 2. The fourth-order valence-corrected chi connectivity index (χ4v) is 5.39. The molecule has 4 atom stereocenters. The zero-order chi connectivity index (χ0) is 28.5. The SMILES string of the molecule is COc1ccnc(C(=O)N[C@H]2CCC[C@H](Cc3ccccc3)[C@@H](Cc3ccccc3)[C@H](C)OC2=O)c1OC(C)=O. The molecule has 0 aliphatic carbocycles. The van der Waals surface area contributed by atoms with Crippen LogP contribution in [0.15, 0.2) is 72.9 Å². The zero-order valence-electron chi connectivity index (χ0n) is 23.2. The molecule has 3 aromatic rings. The minimum atomic E-state index is -0.874. The first-order valence-electron chi connectivity index (χ1n) is 13.7. The Morgan fingerprint density at radius 1 is 0.975 bits per heavy atom. The summed E-state index contributed by atoms with van der Waals surface area (Å²) in [6.07, 6.45) is 4.67. The highest BCUT2D eigenvalue weighted by atomic mass is 16.6. The Morgan fingerprint density at radius 3 is 2.25 bits per heavy atom. The van der Waals surface area contributed by atoms with Gasteiger partial charge >= 0.3 is 11.9 Å². The highest BCUT2D eigenvalue weighted by Crippen LogP contribution is 2.33. The van der Waals surface area contributed by atoms with Crippen molar-refractivity contribution < 1.29 is 28.6 Å². The van der Waals surface area contributed by atoms with Gasteiger partial charge in [-0.1, -0.05) is 67.1 Å². The lowest BCUT2D eigenvalue weighted by Gasteiger charge is -2.31. The van der Waals surface area contributed by atoms with E-state index >= 15 is 0 Å². The van der Waals surface area contributed by atoms with Crippen molar-refractivity contribution in [2.45, 2.75) is 58.1 Å². The molecule has 4 rings (SSSR count). The van der Waals surface area contributed by atoms with Crippen LogP contribution in [-0.2, 0) is 27.2 Å². The highest BCUT2D eigenvalue weighted by molar-refractivity contribution is 5.98.